The molecule has 0 amide bonds. The summed E-state index contributed by atoms with van der Waals surface area (Å²) in [6.07, 6.45) is 3.19. The molecule has 1 atom stereocenters. The first-order valence-electron chi connectivity index (χ1n) is 2.81. The lowest BCUT2D eigenvalue weighted by atomic mass is 10.3. The van der Waals surface area contributed by atoms with E-state index in [2.05, 4.69) is 20.3 Å². The van der Waals surface area contributed by atoms with Gasteiger partial charge in [-0.15, -0.1) is 0 Å². The SMILES string of the molecule is S=C1N=CC2N=CN=C2N1. The molecule has 50 valence electrons. The lowest BCUT2D eigenvalue weighted by molar-refractivity contribution is 1.11. The molecule has 0 aromatic carbocycles. The van der Waals surface area contributed by atoms with E-state index in [4.69, 9.17) is 12.2 Å². The summed E-state index contributed by atoms with van der Waals surface area (Å²) in [7, 11) is 0. The molecule has 10 heavy (non-hydrogen) atoms. The molecule has 2 aliphatic heterocycles. The highest BCUT2D eigenvalue weighted by Gasteiger charge is 2.20. The molecular formula is C5H4N4S. The normalized spacial score (nSPS) is 27.8. The maximum absolute atomic E-state index is 4.78. The summed E-state index contributed by atoms with van der Waals surface area (Å²) < 4.78 is 0. The highest BCUT2D eigenvalue weighted by atomic mass is 32.1. The second-order valence-electron chi connectivity index (χ2n) is 1.93. The Bertz CT molecular complexity index is 265. The summed E-state index contributed by atoms with van der Waals surface area (Å²) in [4.78, 5) is 11.8. The molecule has 2 rings (SSSR count). The van der Waals surface area contributed by atoms with Crippen LogP contribution in [0.25, 0.3) is 0 Å². The van der Waals surface area contributed by atoms with Gasteiger partial charge >= 0.3 is 0 Å². The molecule has 4 nitrogen and oxygen atoms in total. The summed E-state index contributed by atoms with van der Waals surface area (Å²) >= 11 is 4.78. The molecule has 0 fully saturated rings. The van der Waals surface area contributed by atoms with Crippen LogP contribution in [-0.4, -0.2) is 29.5 Å². The molecule has 0 aromatic rings. The van der Waals surface area contributed by atoms with Gasteiger partial charge in [-0.3, -0.25) is 4.99 Å². The van der Waals surface area contributed by atoms with Gasteiger partial charge in [-0.05, 0) is 12.2 Å². The van der Waals surface area contributed by atoms with Gasteiger partial charge in [0.05, 0.1) is 0 Å². The quantitative estimate of drug-likeness (QED) is 0.487. The minimum atomic E-state index is -0.0216. The number of amidine groups is 1. The van der Waals surface area contributed by atoms with Crippen LogP contribution >= 0.6 is 12.2 Å². The zero-order valence-electron chi connectivity index (χ0n) is 4.98. The molecule has 2 aliphatic rings. The van der Waals surface area contributed by atoms with Crippen LogP contribution in [-0.2, 0) is 0 Å². The first kappa shape index (κ1) is 5.67. The van der Waals surface area contributed by atoms with Crippen molar-refractivity contribution in [2.24, 2.45) is 15.0 Å². The van der Waals surface area contributed by atoms with Gasteiger partial charge in [0, 0.05) is 6.21 Å². The Hall–Kier alpha value is -1.10. The number of rotatable bonds is 0. The number of fused-ring (bicyclic) bond motifs is 1. The van der Waals surface area contributed by atoms with Gasteiger partial charge in [0.25, 0.3) is 0 Å². The van der Waals surface area contributed by atoms with E-state index in [1.807, 2.05) is 0 Å². The average Bonchev–Trinajstić information content (AvgIpc) is 2.33. The molecule has 0 spiro atoms. The summed E-state index contributed by atoms with van der Waals surface area (Å²) in [6.45, 7) is 0. The van der Waals surface area contributed by atoms with Crippen molar-refractivity contribution in [3.63, 3.8) is 0 Å². The summed E-state index contributed by atoms with van der Waals surface area (Å²) in [5.41, 5.74) is 0. The molecular weight excluding hydrogens is 148 g/mol. The molecule has 0 bridgehead atoms. The van der Waals surface area contributed by atoms with Gasteiger partial charge in [0.15, 0.2) is 5.11 Å². The summed E-state index contributed by atoms with van der Waals surface area (Å²) in [5.74, 6) is 0.778. The third kappa shape index (κ3) is 0.750. The van der Waals surface area contributed by atoms with Crippen molar-refractivity contribution in [1.82, 2.24) is 5.32 Å². The van der Waals surface area contributed by atoms with Crippen LogP contribution < -0.4 is 5.32 Å². The second kappa shape index (κ2) is 1.95. The van der Waals surface area contributed by atoms with Crippen molar-refractivity contribution in [1.29, 1.82) is 0 Å². The van der Waals surface area contributed by atoms with Crippen LogP contribution in [0, 0.1) is 0 Å². The fourth-order valence-corrected chi connectivity index (χ4v) is 0.975. The average molecular weight is 152 g/mol. The summed E-state index contributed by atoms with van der Waals surface area (Å²) in [6, 6.07) is -0.0216. The van der Waals surface area contributed by atoms with Crippen LogP contribution in [0.4, 0.5) is 0 Å². The second-order valence-corrected chi connectivity index (χ2v) is 2.32. The number of hydrogen-bond donors (Lipinski definition) is 1. The molecule has 1 N–H and O–H groups in total. The lowest BCUT2D eigenvalue weighted by Gasteiger charge is -2.11. The minimum absolute atomic E-state index is 0.0216. The van der Waals surface area contributed by atoms with E-state index in [9.17, 15) is 0 Å². The molecule has 5 heteroatoms. The highest BCUT2D eigenvalue weighted by Crippen LogP contribution is 2.01. The van der Waals surface area contributed by atoms with Crippen LogP contribution in [0.3, 0.4) is 0 Å². The third-order valence-corrected chi connectivity index (χ3v) is 1.48. The van der Waals surface area contributed by atoms with Crippen LogP contribution in [0.15, 0.2) is 15.0 Å². The van der Waals surface area contributed by atoms with E-state index in [1.165, 1.54) is 6.34 Å². The zero-order chi connectivity index (χ0) is 6.97. The molecule has 0 radical (unpaired) electrons. The smallest absolute Gasteiger partial charge is 0.197 e. The highest BCUT2D eigenvalue weighted by molar-refractivity contribution is 7.80. The number of nitrogens with one attached hydrogen (secondary N) is 1. The van der Waals surface area contributed by atoms with E-state index in [-0.39, 0.29) is 6.04 Å². The Kier molecular flexibility index (Phi) is 1.10. The number of thiocarbonyl (C=S) groups is 1. The van der Waals surface area contributed by atoms with Crippen molar-refractivity contribution in [3.8, 4) is 0 Å². The molecule has 2 heterocycles. The maximum Gasteiger partial charge on any atom is 0.197 e. The number of hydrogen-bond acceptors (Lipinski definition) is 3. The van der Waals surface area contributed by atoms with Crippen molar-refractivity contribution >= 4 is 35.7 Å². The van der Waals surface area contributed by atoms with Crippen LogP contribution in [0.5, 0.6) is 0 Å². The van der Waals surface area contributed by atoms with Crippen molar-refractivity contribution < 1.29 is 0 Å². The maximum atomic E-state index is 4.78. The van der Waals surface area contributed by atoms with Crippen LogP contribution in [0.1, 0.15) is 0 Å². The Labute approximate surface area is 62.8 Å². The first-order chi connectivity index (χ1) is 4.86. The molecule has 0 aromatic heterocycles. The Morgan fingerprint density at radius 2 is 2.50 bits per heavy atom. The summed E-state index contributed by atoms with van der Waals surface area (Å²) in [5, 5.41) is 3.30. The van der Waals surface area contributed by atoms with Crippen LogP contribution in [0.2, 0.25) is 0 Å². The van der Waals surface area contributed by atoms with E-state index in [0.717, 1.165) is 5.84 Å². The Morgan fingerprint density at radius 1 is 1.60 bits per heavy atom. The van der Waals surface area contributed by atoms with Gasteiger partial charge in [-0.1, -0.05) is 0 Å². The fourth-order valence-electron chi connectivity index (χ4n) is 0.810. The minimum Gasteiger partial charge on any atom is -0.317 e. The monoisotopic (exact) mass is 152 g/mol. The van der Waals surface area contributed by atoms with E-state index < -0.39 is 0 Å². The first-order valence-corrected chi connectivity index (χ1v) is 3.21. The van der Waals surface area contributed by atoms with Gasteiger partial charge in [0.2, 0.25) is 0 Å². The predicted molar refractivity (Wildman–Crippen MR) is 43.9 cm³/mol. The van der Waals surface area contributed by atoms with Gasteiger partial charge in [-0.2, -0.15) is 0 Å². The fraction of sp³-hybridized carbons (Fsp3) is 0.200. The van der Waals surface area contributed by atoms with Crippen molar-refractivity contribution in [2.75, 3.05) is 0 Å². The van der Waals surface area contributed by atoms with Gasteiger partial charge < -0.3 is 5.32 Å². The molecule has 0 saturated heterocycles. The van der Waals surface area contributed by atoms with Gasteiger partial charge in [0.1, 0.15) is 18.2 Å². The third-order valence-electron chi connectivity index (χ3n) is 1.27. The molecule has 0 aliphatic carbocycles. The Balaban J connectivity index is 2.35. The molecule has 1 unspecified atom stereocenters. The lowest BCUT2D eigenvalue weighted by Crippen LogP contribution is -2.39. The standard InChI is InChI=1S/C5H4N4S/c10-5-6-1-3-4(9-5)8-2-7-3/h1-3H,(H,7,8,9,10). The topological polar surface area (TPSA) is 49.1 Å². The largest absolute Gasteiger partial charge is 0.317 e. The van der Waals surface area contributed by atoms with E-state index in [1.54, 1.807) is 6.21 Å². The van der Waals surface area contributed by atoms with Crippen molar-refractivity contribution in [2.45, 2.75) is 6.04 Å². The zero-order valence-corrected chi connectivity index (χ0v) is 5.80. The van der Waals surface area contributed by atoms with E-state index in [0.29, 0.717) is 5.11 Å². The number of nitrogens with zero attached hydrogens (tertiary/aromatic N) is 3. The Morgan fingerprint density at radius 3 is 3.40 bits per heavy atom. The predicted octanol–water partition coefficient (Wildman–Crippen LogP) is -0.246. The van der Waals surface area contributed by atoms with Crippen molar-refractivity contribution in [3.05, 3.63) is 0 Å². The molecule has 0 saturated carbocycles. The van der Waals surface area contributed by atoms with E-state index >= 15 is 0 Å². The number of aliphatic imine (C=N–C) groups is 3. The van der Waals surface area contributed by atoms with Gasteiger partial charge in [-0.25, -0.2) is 9.98 Å².